The summed E-state index contributed by atoms with van der Waals surface area (Å²) in [7, 11) is 0. The van der Waals surface area contributed by atoms with Crippen LogP contribution in [0.2, 0.25) is 5.02 Å². The van der Waals surface area contributed by atoms with E-state index in [0.29, 0.717) is 17.2 Å². The fourth-order valence-corrected chi connectivity index (χ4v) is 2.28. The Balaban J connectivity index is 2.17. The lowest BCUT2D eigenvalue weighted by atomic mass is 10.0. The molecule has 0 aliphatic heterocycles. The zero-order valence-corrected chi connectivity index (χ0v) is 13.0. The molecule has 112 valence electrons. The van der Waals surface area contributed by atoms with Crippen LogP contribution in [0.5, 0.6) is 11.5 Å². The van der Waals surface area contributed by atoms with Crippen LogP contribution in [0.15, 0.2) is 36.4 Å². The molecule has 2 nitrogen and oxygen atoms in total. The van der Waals surface area contributed by atoms with Crippen molar-refractivity contribution in [2.75, 3.05) is 0 Å². The molecule has 0 aliphatic carbocycles. The van der Waals surface area contributed by atoms with Gasteiger partial charge in [0.2, 0.25) is 0 Å². The van der Waals surface area contributed by atoms with E-state index in [1.807, 2.05) is 26.0 Å². The average Bonchev–Trinajstić information content (AvgIpc) is 2.44. The van der Waals surface area contributed by atoms with Crippen molar-refractivity contribution in [2.24, 2.45) is 5.73 Å². The normalized spacial score (nSPS) is 12.2. The summed E-state index contributed by atoms with van der Waals surface area (Å²) in [6.07, 6.45) is 1.51. The van der Waals surface area contributed by atoms with Crippen molar-refractivity contribution in [2.45, 2.75) is 32.7 Å². The summed E-state index contributed by atoms with van der Waals surface area (Å²) in [4.78, 5) is 0. The molecule has 0 heterocycles. The first-order valence-electron chi connectivity index (χ1n) is 6.97. The van der Waals surface area contributed by atoms with Crippen molar-refractivity contribution in [3.05, 3.63) is 58.4 Å². The Kier molecular flexibility index (Phi) is 5.21. The van der Waals surface area contributed by atoms with Crippen LogP contribution in [0.1, 0.15) is 24.5 Å². The van der Waals surface area contributed by atoms with Crippen molar-refractivity contribution in [1.82, 2.24) is 0 Å². The lowest BCUT2D eigenvalue weighted by molar-refractivity contribution is 0.441. The number of ether oxygens (including phenoxy) is 1. The number of hydrogen-bond acceptors (Lipinski definition) is 2. The predicted molar refractivity (Wildman–Crippen MR) is 84.6 cm³/mol. The molecule has 2 N–H and O–H groups in total. The maximum absolute atomic E-state index is 14.1. The molecular formula is C17H19ClFNO. The summed E-state index contributed by atoms with van der Waals surface area (Å²) in [5.41, 5.74) is 7.77. The van der Waals surface area contributed by atoms with Crippen LogP contribution < -0.4 is 10.5 Å². The number of rotatable bonds is 5. The van der Waals surface area contributed by atoms with Gasteiger partial charge in [-0.05, 0) is 55.2 Å². The van der Waals surface area contributed by atoms with Gasteiger partial charge in [-0.25, -0.2) is 4.39 Å². The van der Waals surface area contributed by atoms with E-state index < -0.39 is 5.82 Å². The van der Waals surface area contributed by atoms with Crippen LogP contribution in [-0.4, -0.2) is 6.04 Å². The van der Waals surface area contributed by atoms with Gasteiger partial charge in [-0.3, -0.25) is 0 Å². The number of hydrogen-bond donors (Lipinski definition) is 1. The van der Waals surface area contributed by atoms with Crippen molar-refractivity contribution in [3.63, 3.8) is 0 Å². The van der Waals surface area contributed by atoms with Gasteiger partial charge in [0.15, 0.2) is 11.6 Å². The van der Waals surface area contributed by atoms with Gasteiger partial charge in [0.1, 0.15) is 5.75 Å². The molecule has 21 heavy (non-hydrogen) atoms. The van der Waals surface area contributed by atoms with E-state index >= 15 is 0 Å². The third kappa shape index (κ3) is 4.19. The van der Waals surface area contributed by atoms with Crippen molar-refractivity contribution in [1.29, 1.82) is 0 Å². The highest BCUT2D eigenvalue weighted by Gasteiger charge is 2.10. The highest BCUT2D eigenvalue weighted by atomic mass is 35.5. The van der Waals surface area contributed by atoms with Gasteiger partial charge >= 0.3 is 0 Å². The van der Waals surface area contributed by atoms with Crippen LogP contribution in [0.3, 0.4) is 0 Å². The molecule has 0 fully saturated rings. The molecule has 1 atom stereocenters. The molecule has 0 spiro atoms. The Bertz CT molecular complexity index is 630. The summed E-state index contributed by atoms with van der Waals surface area (Å²) in [6.45, 7) is 3.94. The van der Waals surface area contributed by atoms with E-state index in [0.717, 1.165) is 17.5 Å². The standard InChI is InChI=1S/C17H19ClFNO/c1-3-13(20)9-12-5-7-17(15(19)10-12)21-16-6-4-11(2)8-14(16)18/h4-8,10,13H,3,9,20H2,1-2H3. The summed E-state index contributed by atoms with van der Waals surface area (Å²) < 4.78 is 19.6. The maximum atomic E-state index is 14.1. The second kappa shape index (κ2) is 6.92. The molecule has 2 aromatic rings. The largest absolute Gasteiger partial charge is 0.453 e. The van der Waals surface area contributed by atoms with Crippen molar-refractivity contribution < 1.29 is 9.13 Å². The summed E-state index contributed by atoms with van der Waals surface area (Å²) in [5, 5.41) is 0.464. The summed E-state index contributed by atoms with van der Waals surface area (Å²) >= 11 is 6.09. The van der Waals surface area contributed by atoms with Gasteiger partial charge in [-0.2, -0.15) is 0 Å². The molecule has 4 heteroatoms. The zero-order valence-electron chi connectivity index (χ0n) is 12.2. The third-order valence-electron chi connectivity index (χ3n) is 3.33. The molecule has 1 unspecified atom stereocenters. The molecule has 2 rings (SSSR count). The fraction of sp³-hybridized carbons (Fsp3) is 0.294. The molecular weight excluding hydrogens is 289 g/mol. The number of aryl methyl sites for hydroxylation is 1. The van der Waals surface area contributed by atoms with Gasteiger partial charge < -0.3 is 10.5 Å². The highest BCUT2D eigenvalue weighted by Crippen LogP contribution is 2.31. The number of halogens is 2. The first-order valence-corrected chi connectivity index (χ1v) is 7.35. The van der Waals surface area contributed by atoms with Crippen LogP contribution in [0, 0.1) is 12.7 Å². The fourth-order valence-electron chi connectivity index (χ4n) is 2.01. The number of benzene rings is 2. The Morgan fingerprint density at radius 3 is 2.52 bits per heavy atom. The topological polar surface area (TPSA) is 35.2 Å². The molecule has 0 radical (unpaired) electrons. The van der Waals surface area contributed by atoms with Gasteiger partial charge in [-0.1, -0.05) is 30.7 Å². The first kappa shape index (κ1) is 15.8. The zero-order chi connectivity index (χ0) is 15.4. The van der Waals surface area contributed by atoms with Crippen LogP contribution in [-0.2, 0) is 6.42 Å². The van der Waals surface area contributed by atoms with E-state index in [9.17, 15) is 4.39 Å². The molecule has 0 aliphatic rings. The minimum Gasteiger partial charge on any atom is -0.453 e. The lowest BCUT2D eigenvalue weighted by Crippen LogP contribution is -2.21. The molecule has 0 saturated carbocycles. The highest BCUT2D eigenvalue weighted by molar-refractivity contribution is 6.32. The maximum Gasteiger partial charge on any atom is 0.165 e. The van der Waals surface area contributed by atoms with Crippen LogP contribution in [0.25, 0.3) is 0 Å². The number of nitrogens with two attached hydrogens (primary N) is 1. The molecule has 0 aromatic heterocycles. The Morgan fingerprint density at radius 1 is 1.19 bits per heavy atom. The van der Waals surface area contributed by atoms with E-state index in [1.165, 1.54) is 6.07 Å². The predicted octanol–water partition coefficient (Wildman–Crippen LogP) is 4.86. The van der Waals surface area contributed by atoms with E-state index in [1.54, 1.807) is 18.2 Å². The SMILES string of the molecule is CCC(N)Cc1ccc(Oc2ccc(C)cc2Cl)c(F)c1. The van der Waals surface area contributed by atoms with Crippen molar-refractivity contribution in [3.8, 4) is 11.5 Å². The van der Waals surface area contributed by atoms with Crippen LogP contribution in [0.4, 0.5) is 4.39 Å². The van der Waals surface area contributed by atoms with Crippen molar-refractivity contribution >= 4 is 11.6 Å². The second-order valence-corrected chi connectivity index (χ2v) is 5.58. The first-order chi connectivity index (χ1) is 9.99. The molecule has 0 saturated heterocycles. The molecule has 0 amide bonds. The molecule has 2 aromatic carbocycles. The van der Waals surface area contributed by atoms with Gasteiger partial charge in [0.25, 0.3) is 0 Å². The van der Waals surface area contributed by atoms with E-state index in [4.69, 9.17) is 22.1 Å². The monoisotopic (exact) mass is 307 g/mol. The van der Waals surface area contributed by atoms with Gasteiger partial charge in [0, 0.05) is 6.04 Å². The van der Waals surface area contributed by atoms with Gasteiger partial charge in [-0.15, -0.1) is 0 Å². The minimum absolute atomic E-state index is 0.0442. The van der Waals surface area contributed by atoms with E-state index in [-0.39, 0.29) is 11.8 Å². The minimum atomic E-state index is -0.410. The molecule has 0 bridgehead atoms. The van der Waals surface area contributed by atoms with Crippen LogP contribution >= 0.6 is 11.6 Å². The third-order valence-corrected chi connectivity index (χ3v) is 3.62. The Labute approximate surface area is 129 Å². The Hall–Kier alpha value is -1.58. The smallest absolute Gasteiger partial charge is 0.165 e. The summed E-state index contributed by atoms with van der Waals surface area (Å²) in [6, 6.07) is 10.3. The lowest BCUT2D eigenvalue weighted by Gasteiger charge is -2.12. The average molecular weight is 308 g/mol. The summed E-state index contributed by atoms with van der Waals surface area (Å²) in [5.74, 6) is 0.196. The quantitative estimate of drug-likeness (QED) is 0.856. The second-order valence-electron chi connectivity index (χ2n) is 5.17. The van der Waals surface area contributed by atoms with E-state index in [2.05, 4.69) is 0 Å². The Morgan fingerprint density at radius 2 is 1.90 bits per heavy atom. The van der Waals surface area contributed by atoms with Gasteiger partial charge in [0.05, 0.1) is 5.02 Å².